The molecule has 0 saturated heterocycles. The van der Waals surface area contributed by atoms with Crippen molar-refractivity contribution in [2.24, 2.45) is 5.92 Å². The van der Waals surface area contributed by atoms with Crippen molar-refractivity contribution in [2.75, 3.05) is 10.2 Å². The Labute approximate surface area is 161 Å². The highest BCUT2D eigenvalue weighted by molar-refractivity contribution is 6.05. The predicted molar refractivity (Wildman–Crippen MR) is 103 cm³/mol. The van der Waals surface area contributed by atoms with Gasteiger partial charge in [0.25, 0.3) is 5.91 Å². The molecule has 2 aromatic carbocycles. The van der Waals surface area contributed by atoms with Gasteiger partial charge in [-0.3, -0.25) is 14.8 Å². The number of hydrogen-bond acceptors (Lipinski definition) is 5. The summed E-state index contributed by atoms with van der Waals surface area (Å²) in [5, 5.41) is 20.7. The van der Waals surface area contributed by atoms with Crippen molar-refractivity contribution in [1.29, 1.82) is 0 Å². The molecule has 28 heavy (non-hydrogen) atoms. The predicted octanol–water partition coefficient (Wildman–Crippen LogP) is 2.49. The fraction of sp³-hybridized carbons (Fsp3) is 0.250. The van der Waals surface area contributed by atoms with Crippen LogP contribution in [0.1, 0.15) is 40.1 Å². The zero-order valence-electron chi connectivity index (χ0n) is 15.5. The highest BCUT2D eigenvalue weighted by atomic mass is 16.5. The molecule has 1 heterocycles. The minimum Gasteiger partial charge on any atom is -0.478 e. The molecule has 146 valence electrons. The van der Waals surface area contributed by atoms with Gasteiger partial charge in [-0.25, -0.2) is 10.3 Å². The molecule has 0 aromatic heterocycles. The molecule has 0 bridgehead atoms. The summed E-state index contributed by atoms with van der Waals surface area (Å²) in [7, 11) is 0. The Balaban J connectivity index is 1.99. The Kier molecular flexibility index (Phi) is 5.32. The Morgan fingerprint density at radius 1 is 1.14 bits per heavy atom. The number of carbonyl (C=O) groups excluding carboxylic acids is 2. The van der Waals surface area contributed by atoms with Crippen molar-refractivity contribution >= 4 is 29.2 Å². The van der Waals surface area contributed by atoms with E-state index < -0.39 is 17.9 Å². The Morgan fingerprint density at radius 2 is 1.79 bits per heavy atom. The van der Waals surface area contributed by atoms with Crippen LogP contribution in [0, 0.1) is 5.92 Å². The van der Waals surface area contributed by atoms with Gasteiger partial charge in [-0.15, -0.1) is 0 Å². The van der Waals surface area contributed by atoms with E-state index in [0.29, 0.717) is 12.2 Å². The smallest absolute Gasteiger partial charge is 0.335 e. The van der Waals surface area contributed by atoms with Gasteiger partial charge in [0.1, 0.15) is 6.04 Å². The average Bonchev–Trinajstić information content (AvgIpc) is 2.66. The lowest BCUT2D eigenvalue weighted by Gasteiger charge is -2.40. The van der Waals surface area contributed by atoms with E-state index in [1.807, 2.05) is 18.7 Å². The summed E-state index contributed by atoms with van der Waals surface area (Å²) >= 11 is 0. The first kappa shape index (κ1) is 19.4. The van der Waals surface area contributed by atoms with E-state index in [1.54, 1.807) is 29.7 Å². The number of hydroxylamine groups is 1. The topological polar surface area (TPSA) is 119 Å². The second kappa shape index (κ2) is 7.69. The zero-order valence-corrected chi connectivity index (χ0v) is 15.5. The largest absolute Gasteiger partial charge is 0.478 e. The molecule has 0 fully saturated rings. The van der Waals surface area contributed by atoms with Crippen LogP contribution in [0.3, 0.4) is 0 Å². The first-order chi connectivity index (χ1) is 13.3. The van der Waals surface area contributed by atoms with Crippen molar-refractivity contribution in [3.05, 3.63) is 59.2 Å². The van der Waals surface area contributed by atoms with Crippen LogP contribution < -0.4 is 15.7 Å². The quantitative estimate of drug-likeness (QED) is 0.465. The SMILES string of the molecule is CC(C)C1C(=O)Nc2cc(C(=O)NO)ccc2N1Cc1ccc(C(=O)O)cc1. The van der Waals surface area contributed by atoms with Crippen LogP contribution in [0.15, 0.2) is 42.5 Å². The number of carbonyl (C=O) groups is 3. The molecule has 0 radical (unpaired) electrons. The van der Waals surface area contributed by atoms with E-state index in [9.17, 15) is 14.4 Å². The number of benzene rings is 2. The van der Waals surface area contributed by atoms with Gasteiger partial charge in [-0.05, 0) is 41.8 Å². The number of carboxylic acids is 1. The van der Waals surface area contributed by atoms with Crippen molar-refractivity contribution in [3.8, 4) is 0 Å². The fourth-order valence-corrected chi connectivity index (χ4v) is 3.39. The van der Waals surface area contributed by atoms with Crippen molar-refractivity contribution in [2.45, 2.75) is 26.4 Å². The molecule has 0 aliphatic carbocycles. The van der Waals surface area contributed by atoms with E-state index in [2.05, 4.69) is 5.32 Å². The molecular weight excluding hydrogens is 362 g/mol. The van der Waals surface area contributed by atoms with Crippen LogP contribution in [0.5, 0.6) is 0 Å². The van der Waals surface area contributed by atoms with E-state index in [1.165, 1.54) is 18.2 Å². The molecule has 1 aliphatic heterocycles. The van der Waals surface area contributed by atoms with Gasteiger partial charge >= 0.3 is 5.97 Å². The molecule has 3 rings (SSSR count). The van der Waals surface area contributed by atoms with Crippen LogP contribution >= 0.6 is 0 Å². The number of nitrogens with zero attached hydrogens (tertiary/aromatic N) is 1. The summed E-state index contributed by atoms with van der Waals surface area (Å²) in [5.74, 6) is -1.83. The third-order valence-electron chi connectivity index (χ3n) is 4.72. The van der Waals surface area contributed by atoms with Gasteiger partial charge in [0.05, 0.1) is 16.9 Å². The summed E-state index contributed by atoms with van der Waals surface area (Å²) < 4.78 is 0. The molecule has 0 spiro atoms. The van der Waals surface area contributed by atoms with Crippen LogP contribution in [-0.4, -0.2) is 34.1 Å². The molecule has 8 heteroatoms. The third kappa shape index (κ3) is 3.67. The summed E-state index contributed by atoms with van der Waals surface area (Å²) in [4.78, 5) is 37.4. The molecule has 1 unspecified atom stereocenters. The van der Waals surface area contributed by atoms with Crippen molar-refractivity contribution in [3.63, 3.8) is 0 Å². The molecular formula is C20H21N3O5. The minimum atomic E-state index is -0.996. The number of nitrogens with one attached hydrogen (secondary N) is 2. The molecule has 2 amide bonds. The summed E-state index contributed by atoms with van der Waals surface area (Å²) in [6.45, 7) is 4.29. The number of amides is 2. The van der Waals surface area contributed by atoms with Crippen LogP contribution in [-0.2, 0) is 11.3 Å². The first-order valence-electron chi connectivity index (χ1n) is 8.80. The summed E-state index contributed by atoms with van der Waals surface area (Å²) in [6, 6.07) is 10.9. The Morgan fingerprint density at radius 3 is 2.36 bits per heavy atom. The molecule has 8 nitrogen and oxygen atoms in total. The second-order valence-corrected chi connectivity index (χ2v) is 6.98. The zero-order chi connectivity index (χ0) is 20.4. The van der Waals surface area contributed by atoms with E-state index in [0.717, 1.165) is 11.3 Å². The van der Waals surface area contributed by atoms with E-state index in [-0.39, 0.29) is 23.0 Å². The maximum Gasteiger partial charge on any atom is 0.335 e. The highest BCUT2D eigenvalue weighted by Crippen LogP contribution is 2.36. The number of rotatable bonds is 5. The Hall–Kier alpha value is -3.39. The maximum atomic E-state index is 12.7. The number of carboxylic acid groups (broad SMARTS) is 1. The molecule has 4 N–H and O–H groups in total. The standard InChI is InChI=1S/C20H21N3O5/c1-11(2)17-19(25)21-15-9-14(18(24)22-28)7-8-16(15)23(17)10-12-3-5-13(6-4-12)20(26)27/h3-9,11,17,28H,10H2,1-2H3,(H,21,25)(H,22,24)(H,26,27). The highest BCUT2D eigenvalue weighted by Gasteiger charge is 2.35. The van der Waals surface area contributed by atoms with Gasteiger partial charge < -0.3 is 15.3 Å². The fourth-order valence-electron chi connectivity index (χ4n) is 3.39. The van der Waals surface area contributed by atoms with Gasteiger partial charge in [0.15, 0.2) is 0 Å². The molecule has 2 aromatic rings. The van der Waals surface area contributed by atoms with E-state index in [4.69, 9.17) is 10.3 Å². The summed E-state index contributed by atoms with van der Waals surface area (Å²) in [6.07, 6.45) is 0. The van der Waals surface area contributed by atoms with Crippen molar-refractivity contribution in [1.82, 2.24) is 5.48 Å². The monoisotopic (exact) mass is 383 g/mol. The average molecular weight is 383 g/mol. The van der Waals surface area contributed by atoms with E-state index >= 15 is 0 Å². The Bertz CT molecular complexity index is 924. The minimum absolute atomic E-state index is 0.0202. The number of fused-ring (bicyclic) bond motifs is 1. The van der Waals surface area contributed by atoms with Gasteiger partial charge in [0, 0.05) is 12.1 Å². The summed E-state index contributed by atoms with van der Waals surface area (Å²) in [5.41, 5.74) is 4.07. The van der Waals surface area contributed by atoms with Crippen LogP contribution in [0.2, 0.25) is 0 Å². The van der Waals surface area contributed by atoms with Crippen molar-refractivity contribution < 1.29 is 24.7 Å². The maximum absolute atomic E-state index is 12.7. The lowest BCUT2D eigenvalue weighted by Crippen LogP contribution is -2.50. The first-order valence-corrected chi connectivity index (χ1v) is 8.80. The van der Waals surface area contributed by atoms with Gasteiger partial charge in [-0.2, -0.15) is 0 Å². The van der Waals surface area contributed by atoms with Crippen LogP contribution in [0.4, 0.5) is 11.4 Å². The lowest BCUT2D eigenvalue weighted by atomic mass is 9.96. The second-order valence-electron chi connectivity index (χ2n) is 6.98. The van der Waals surface area contributed by atoms with Gasteiger partial charge in [0.2, 0.25) is 5.91 Å². The van der Waals surface area contributed by atoms with Gasteiger partial charge in [-0.1, -0.05) is 26.0 Å². The number of aromatic carboxylic acids is 1. The molecule has 0 saturated carbocycles. The number of anilines is 2. The van der Waals surface area contributed by atoms with Crippen LogP contribution in [0.25, 0.3) is 0 Å². The third-order valence-corrected chi connectivity index (χ3v) is 4.72. The molecule has 1 aliphatic rings. The number of hydrogen-bond donors (Lipinski definition) is 4. The normalized spacial score (nSPS) is 15.8. The lowest BCUT2D eigenvalue weighted by molar-refractivity contribution is -0.118. The molecule has 1 atom stereocenters.